The van der Waals surface area contributed by atoms with Gasteiger partial charge < -0.3 is 5.32 Å². The lowest BCUT2D eigenvalue weighted by molar-refractivity contribution is 0.152. The van der Waals surface area contributed by atoms with Crippen molar-refractivity contribution >= 4 is 0 Å². The first-order valence-electron chi connectivity index (χ1n) is 7.70. The smallest absolute Gasteiger partial charge is 0.0313 e. The Bertz CT molecular complexity index is 568. The van der Waals surface area contributed by atoms with Crippen molar-refractivity contribution in [1.82, 2.24) is 15.2 Å². The van der Waals surface area contributed by atoms with Gasteiger partial charge in [-0.25, -0.2) is 0 Å². The molecule has 2 aromatic rings. The van der Waals surface area contributed by atoms with Gasteiger partial charge in [0.05, 0.1) is 0 Å². The monoisotopic (exact) mass is 281 g/mol. The molecule has 1 atom stereocenters. The zero-order chi connectivity index (χ0) is 14.5. The summed E-state index contributed by atoms with van der Waals surface area (Å²) in [4.78, 5) is 6.90. The zero-order valence-electron chi connectivity index (χ0n) is 12.6. The van der Waals surface area contributed by atoms with Crippen molar-refractivity contribution in [3.8, 4) is 0 Å². The quantitative estimate of drug-likeness (QED) is 0.933. The molecule has 1 aromatic carbocycles. The molecule has 3 nitrogen and oxygen atoms in total. The molecule has 1 aliphatic rings. The first kappa shape index (κ1) is 14.2. The summed E-state index contributed by atoms with van der Waals surface area (Å²) in [5.74, 6) is 0. The van der Waals surface area contributed by atoms with E-state index in [0.29, 0.717) is 6.04 Å². The van der Waals surface area contributed by atoms with Crippen LogP contribution in [0, 0.1) is 6.92 Å². The van der Waals surface area contributed by atoms with E-state index in [-0.39, 0.29) is 0 Å². The largest absolute Gasteiger partial charge is 0.314 e. The van der Waals surface area contributed by atoms with Gasteiger partial charge >= 0.3 is 0 Å². The van der Waals surface area contributed by atoms with Crippen LogP contribution in [0.2, 0.25) is 0 Å². The minimum atomic E-state index is 0.557. The van der Waals surface area contributed by atoms with Crippen LogP contribution in [0.3, 0.4) is 0 Å². The molecule has 2 heterocycles. The van der Waals surface area contributed by atoms with Crippen LogP contribution in [0.1, 0.15) is 16.7 Å². The van der Waals surface area contributed by atoms with Crippen LogP contribution < -0.4 is 5.32 Å². The van der Waals surface area contributed by atoms with E-state index >= 15 is 0 Å². The van der Waals surface area contributed by atoms with Gasteiger partial charge in [0, 0.05) is 44.6 Å². The van der Waals surface area contributed by atoms with Crippen LogP contribution in [0.5, 0.6) is 0 Å². The van der Waals surface area contributed by atoms with E-state index in [4.69, 9.17) is 0 Å². The number of aromatic nitrogens is 1. The lowest BCUT2D eigenvalue weighted by Gasteiger charge is -2.36. The van der Waals surface area contributed by atoms with E-state index in [2.05, 4.69) is 58.5 Å². The second-order valence-electron chi connectivity index (χ2n) is 5.89. The SMILES string of the molecule is Cc1cncc(CN2CCNCC2Cc2ccccc2)c1. The van der Waals surface area contributed by atoms with Crippen LogP contribution in [0.25, 0.3) is 0 Å². The minimum absolute atomic E-state index is 0.557. The highest BCUT2D eigenvalue weighted by Crippen LogP contribution is 2.15. The standard InChI is InChI=1S/C18H23N3/c1-15-9-17(12-20-11-15)14-21-8-7-19-13-18(21)10-16-5-3-2-4-6-16/h2-6,9,11-12,18-19H,7-8,10,13-14H2,1H3. The second kappa shape index (κ2) is 6.83. The number of hydrogen-bond acceptors (Lipinski definition) is 3. The molecule has 1 saturated heterocycles. The summed E-state index contributed by atoms with van der Waals surface area (Å²) in [5.41, 5.74) is 3.97. The lowest BCUT2D eigenvalue weighted by atomic mass is 10.0. The van der Waals surface area contributed by atoms with Crippen molar-refractivity contribution in [3.63, 3.8) is 0 Å². The summed E-state index contributed by atoms with van der Waals surface area (Å²) >= 11 is 0. The van der Waals surface area contributed by atoms with Crippen LogP contribution in [0.4, 0.5) is 0 Å². The number of hydrogen-bond donors (Lipinski definition) is 1. The van der Waals surface area contributed by atoms with Gasteiger partial charge in [-0.2, -0.15) is 0 Å². The molecule has 0 radical (unpaired) electrons. The number of aryl methyl sites for hydroxylation is 1. The molecule has 1 N–H and O–H groups in total. The molecule has 0 aliphatic carbocycles. The molecule has 1 aliphatic heterocycles. The molecule has 21 heavy (non-hydrogen) atoms. The normalized spacial score (nSPS) is 19.6. The average Bonchev–Trinajstić information content (AvgIpc) is 2.50. The molecule has 0 spiro atoms. The van der Waals surface area contributed by atoms with Crippen molar-refractivity contribution in [1.29, 1.82) is 0 Å². The topological polar surface area (TPSA) is 28.2 Å². The van der Waals surface area contributed by atoms with Crippen LogP contribution in [-0.4, -0.2) is 35.6 Å². The number of piperazine rings is 1. The maximum absolute atomic E-state index is 4.32. The minimum Gasteiger partial charge on any atom is -0.314 e. The Labute approximate surface area is 127 Å². The molecule has 3 rings (SSSR count). The maximum Gasteiger partial charge on any atom is 0.0313 e. The fraction of sp³-hybridized carbons (Fsp3) is 0.389. The summed E-state index contributed by atoms with van der Waals surface area (Å²) in [5, 5.41) is 3.52. The third-order valence-electron chi connectivity index (χ3n) is 4.10. The third kappa shape index (κ3) is 3.90. The van der Waals surface area contributed by atoms with Gasteiger partial charge in [0.1, 0.15) is 0 Å². The van der Waals surface area contributed by atoms with E-state index in [0.717, 1.165) is 32.6 Å². The van der Waals surface area contributed by atoms with Crippen LogP contribution in [-0.2, 0) is 13.0 Å². The Morgan fingerprint density at radius 2 is 2.05 bits per heavy atom. The molecule has 110 valence electrons. The van der Waals surface area contributed by atoms with Gasteiger partial charge in [-0.15, -0.1) is 0 Å². The molecule has 1 fully saturated rings. The maximum atomic E-state index is 4.32. The van der Waals surface area contributed by atoms with Crippen molar-refractivity contribution in [2.45, 2.75) is 25.9 Å². The van der Waals surface area contributed by atoms with Crippen molar-refractivity contribution < 1.29 is 0 Å². The molecule has 0 bridgehead atoms. The summed E-state index contributed by atoms with van der Waals surface area (Å²) < 4.78 is 0. The zero-order valence-corrected chi connectivity index (χ0v) is 12.6. The Morgan fingerprint density at radius 3 is 2.86 bits per heavy atom. The number of rotatable bonds is 4. The summed E-state index contributed by atoms with van der Waals surface area (Å²) in [6.07, 6.45) is 5.02. The predicted octanol–water partition coefficient (Wildman–Crippen LogP) is 2.41. The van der Waals surface area contributed by atoms with Gasteiger partial charge in [-0.3, -0.25) is 9.88 Å². The predicted molar refractivity (Wildman–Crippen MR) is 86.2 cm³/mol. The highest BCUT2D eigenvalue weighted by molar-refractivity contribution is 5.18. The van der Waals surface area contributed by atoms with Gasteiger partial charge in [0.25, 0.3) is 0 Å². The van der Waals surface area contributed by atoms with E-state index in [1.807, 2.05) is 12.4 Å². The van der Waals surface area contributed by atoms with Gasteiger partial charge in [0.15, 0.2) is 0 Å². The summed E-state index contributed by atoms with van der Waals surface area (Å²) in [6, 6.07) is 13.6. The van der Waals surface area contributed by atoms with Crippen molar-refractivity contribution in [3.05, 3.63) is 65.5 Å². The van der Waals surface area contributed by atoms with E-state index in [1.54, 1.807) is 0 Å². The summed E-state index contributed by atoms with van der Waals surface area (Å²) in [6.45, 7) is 6.34. The van der Waals surface area contributed by atoms with Crippen molar-refractivity contribution in [2.24, 2.45) is 0 Å². The first-order valence-corrected chi connectivity index (χ1v) is 7.70. The van der Waals surface area contributed by atoms with E-state index in [1.165, 1.54) is 16.7 Å². The molecular weight excluding hydrogens is 258 g/mol. The highest BCUT2D eigenvalue weighted by Gasteiger charge is 2.22. The molecular formula is C18H23N3. The molecule has 3 heteroatoms. The van der Waals surface area contributed by atoms with E-state index < -0.39 is 0 Å². The van der Waals surface area contributed by atoms with E-state index in [9.17, 15) is 0 Å². The Balaban J connectivity index is 1.69. The lowest BCUT2D eigenvalue weighted by Crippen LogP contribution is -2.51. The van der Waals surface area contributed by atoms with Crippen LogP contribution >= 0.6 is 0 Å². The number of pyridine rings is 1. The molecule has 1 aromatic heterocycles. The van der Waals surface area contributed by atoms with Gasteiger partial charge in [-0.1, -0.05) is 36.4 Å². The first-order chi connectivity index (χ1) is 10.3. The van der Waals surface area contributed by atoms with Crippen molar-refractivity contribution in [2.75, 3.05) is 19.6 Å². The molecule has 0 amide bonds. The third-order valence-corrected chi connectivity index (χ3v) is 4.10. The average molecular weight is 281 g/mol. The molecule has 0 saturated carbocycles. The highest BCUT2D eigenvalue weighted by atomic mass is 15.2. The fourth-order valence-corrected chi connectivity index (χ4v) is 3.04. The number of benzene rings is 1. The Kier molecular flexibility index (Phi) is 4.63. The van der Waals surface area contributed by atoms with Gasteiger partial charge in [0.2, 0.25) is 0 Å². The van der Waals surface area contributed by atoms with Gasteiger partial charge in [-0.05, 0) is 30.0 Å². The van der Waals surface area contributed by atoms with Crippen LogP contribution in [0.15, 0.2) is 48.8 Å². The Morgan fingerprint density at radius 1 is 1.19 bits per heavy atom. The second-order valence-corrected chi connectivity index (χ2v) is 5.89. The number of nitrogens with one attached hydrogen (secondary N) is 1. The fourth-order valence-electron chi connectivity index (χ4n) is 3.04. The number of nitrogens with zero attached hydrogens (tertiary/aromatic N) is 2. The molecule has 1 unspecified atom stereocenters. The Hall–Kier alpha value is -1.71. The summed E-state index contributed by atoms with van der Waals surface area (Å²) in [7, 11) is 0.